The predicted molar refractivity (Wildman–Crippen MR) is 138 cm³/mol. The molecular formula is C25H27N7O3S. The Labute approximate surface area is 212 Å². The van der Waals surface area contributed by atoms with Gasteiger partial charge in [0.15, 0.2) is 0 Å². The maximum absolute atomic E-state index is 12.7. The van der Waals surface area contributed by atoms with E-state index >= 15 is 0 Å². The molecule has 0 atom stereocenters. The summed E-state index contributed by atoms with van der Waals surface area (Å²) in [4.78, 5) is 37.1. The largest absolute Gasteiger partial charge is 0.496 e. The zero-order chi connectivity index (χ0) is 25.6. The van der Waals surface area contributed by atoms with Crippen LogP contribution in [-0.4, -0.2) is 63.0 Å². The number of anilines is 1. The zero-order valence-electron chi connectivity index (χ0n) is 20.5. The Kier molecular flexibility index (Phi) is 5.97. The average Bonchev–Trinajstić information content (AvgIpc) is 3.38. The van der Waals surface area contributed by atoms with E-state index in [2.05, 4.69) is 39.1 Å². The number of nitrogens with one attached hydrogen (secondary N) is 1. The molecule has 1 aliphatic rings. The van der Waals surface area contributed by atoms with Crippen LogP contribution in [0.1, 0.15) is 29.9 Å². The van der Waals surface area contributed by atoms with Gasteiger partial charge in [-0.2, -0.15) is 5.10 Å². The Balaban J connectivity index is 1.58. The van der Waals surface area contributed by atoms with Gasteiger partial charge in [0.2, 0.25) is 5.91 Å². The average molecular weight is 506 g/mol. The van der Waals surface area contributed by atoms with Gasteiger partial charge in [0.1, 0.15) is 10.6 Å². The Hall–Kier alpha value is -3.83. The monoisotopic (exact) mass is 505 g/mol. The van der Waals surface area contributed by atoms with Crippen LogP contribution in [0.5, 0.6) is 5.75 Å². The molecule has 0 aliphatic carbocycles. The summed E-state index contributed by atoms with van der Waals surface area (Å²) in [5.41, 5.74) is 9.70. The number of pyridine rings is 2. The summed E-state index contributed by atoms with van der Waals surface area (Å²) in [6, 6.07) is 3.65. The fourth-order valence-electron chi connectivity index (χ4n) is 4.68. The molecule has 4 aromatic rings. The number of likely N-dealkylation sites (tertiary alicyclic amines) is 1. The van der Waals surface area contributed by atoms with E-state index in [-0.39, 0.29) is 11.3 Å². The number of methoxy groups -OCH3 is 1. The standard InChI is InChI=1S/C25H27N7O3S/c1-14-16(7-15(8-28-14)30-20(33)11-31-12-25(2,3)13-31)21-22(17-9-27-6-5-19(17)35-4)36-24-18(23(26)34)10-29-32(21)24/h5-10H,11-13H2,1-4H3,(H2,26,34)(H,30,33). The van der Waals surface area contributed by atoms with E-state index in [1.165, 1.54) is 17.5 Å². The summed E-state index contributed by atoms with van der Waals surface area (Å²) in [7, 11) is 1.59. The molecule has 0 spiro atoms. The summed E-state index contributed by atoms with van der Waals surface area (Å²) < 4.78 is 7.27. The molecule has 0 radical (unpaired) electrons. The maximum Gasteiger partial charge on any atom is 0.253 e. The second-order valence-corrected chi connectivity index (χ2v) is 10.7. The second-order valence-electron chi connectivity index (χ2n) is 9.71. The van der Waals surface area contributed by atoms with E-state index in [9.17, 15) is 9.59 Å². The summed E-state index contributed by atoms with van der Waals surface area (Å²) in [6.07, 6.45) is 6.46. The highest BCUT2D eigenvalue weighted by Crippen LogP contribution is 2.44. The Morgan fingerprint density at radius 3 is 2.69 bits per heavy atom. The quantitative estimate of drug-likeness (QED) is 0.395. The summed E-state index contributed by atoms with van der Waals surface area (Å²) in [5, 5.41) is 7.44. The first-order valence-corrected chi connectivity index (χ1v) is 12.3. The second kappa shape index (κ2) is 8.99. The molecule has 186 valence electrons. The van der Waals surface area contributed by atoms with Gasteiger partial charge in [0, 0.05) is 36.7 Å². The number of nitrogens with two attached hydrogens (primary N) is 1. The summed E-state index contributed by atoms with van der Waals surface area (Å²) in [6.45, 7) is 8.37. The molecule has 1 aliphatic heterocycles. The number of carbonyl (C=O) groups is 2. The van der Waals surface area contributed by atoms with Crippen LogP contribution in [0.15, 0.2) is 36.9 Å². The highest BCUT2D eigenvalue weighted by atomic mass is 32.1. The van der Waals surface area contributed by atoms with Gasteiger partial charge in [-0.15, -0.1) is 11.3 Å². The summed E-state index contributed by atoms with van der Waals surface area (Å²) >= 11 is 1.37. The molecule has 3 N–H and O–H groups in total. The van der Waals surface area contributed by atoms with Crippen molar-refractivity contribution in [2.45, 2.75) is 20.8 Å². The number of primary amides is 1. The first-order valence-electron chi connectivity index (χ1n) is 11.4. The molecule has 5 rings (SSSR count). The molecular weight excluding hydrogens is 478 g/mol. The molecule has 1 saturated heterocycles. The lowest BCUT2D eigenvalue weighted by Gasteiger charge is -2.45. The van der Waals surface area contributed by atoms with Crippen molar-refractivity contribution in [1.29, 1.82) is 0 Å². The lowest BCUT2D eigenvalue weighted by molar-refractivity contribution is -0.120. The van der Waals surface area contributed by atoms with Gasteiger partial charge in [0.05, 0.1) is 53.4 Å². The first kappa shape index (κ1) is 23.9. The van der Waals surface area contributed by atoms with E-state index in [1.807, 2.05) is 13.0 Å². The third kappa shape index (κ3) is 4.31. The lowest BCUT2D eigenvalue weighted by atomic mass is 9.84. The minimum absolute atomic E-state index is 0.0955. The van der Waals surface area contributed by atoms with Crippen molar-refractivity contribution in [3.63, 3.8) is 0 Å². The van der Waals surface area contributed by atoms with Crippen LogP contribution < -0.4 is 15.8 Å². The van der Waals surface area contributed by atoms with Crippen LogP contribution in [0.2, 0.25) is 0 Å². The van der Waals surface area contributed by atoms with E-state index in [4.69, 9.17) is 10.5 Å². The van der Waals surface area contributed by atoms with Crippen molar-refractivity contribution >= 4 is 33.7 Å². The minimum atomic E-state index is -0.562. The fourth-order valence-corrected chi connectivity index (χ4v) is 5.91. The van der Waals surface area contributed by atoms with Crippen LogP contribution in [-0.2, 0) is 4.79 Å². The Bertz CT molecular complexity index is 1480. The highest BCUT2D eigenvalue weighted by Gasteiger charge is 2.34. The molecule has 36 heavy (non-hydrogen) atoms. The van der Waals surface area contributed by atoms with Gasteiger partial charge < -0.3 is 15.8 Å². The topological polar surface area (TPSA) is 128 Å². The number of rotatable bonds is 7. The van der Waals surface area contributed by atoms with Crippen molar-refractivity contribution in [3.8, 4) is 27.4 Å². The van der Waals surface area contributed by atoms with Gasteiger partial charge in [-0.3, -0.25) is 24.5 Å². The maximum atomic E-state index is 12.7. The molecule has 5 heterocycles. The normalized spacial score (nSPS) is 15.0. The predicted octanol–water partition coefficient (Wildman–Crippen LogP) is 3.22. The van der Waals surface area contributed by atoms with Crippen molar-refractivity contribution in [3.05, 3.63) is 48.2 Å². The zero-order valence-corrected chi connectivity index (χ0v) is 21.3. The third-order valence-electron chi connectivity index (χ3n) is 6.16. The number of hydrogen-bond donors (Lipinski definition) is 2. The molecule has 0 bridgehead atoms. The lowest BCUT2D eigenvalue weighted by Crippen LogP contribution is -2.54. The van der Waals surface area contributed by atoms with Gasteiger partial charge in [-0.05, 0) is 24.5 Å². The molecule has 4 aromatic heterocycles. The number of aryl methyl sites for hydroxylation is 1. The van der Waals surface area contributed by atoms with Crippen LogP contribution in [0.4, 0.5) is 5.69 Å². The Morgan fingerprint density at radius 2 is 2.00 bits per heavy atom. The number of thiazole rings is 1. The third-order valence-corrected chi connectivity index (χ3v) is 7.36. The van der Waals surface area contributed by atoms with E-state index < -0.39 is 5.91 Å². The van der Waals surface area contributed by atoms with Crippen molar-refractivity contribution < 1.29 is 14.3 Å². The van der Waals surface area contributed by atoms with Gasteiger partial charge in [0.25, 0.3) is 5.91 Å². The van der Waals surface area contributed by atoms with E-state index in [1.54, 1.807) is 36.3 Å². The van der Waals surface area contributed by atoms with Crippen LogP contribution in [0.3, 0.4) is 0 Å². The number of nitrogens with zero attached hydrogens (tertiary/aromatic N) is 5. The van der Waals surface area contributed by atoms with Crippen molar-refractivity contribution in [1.82, 2.24) is 24.5 Å². The number of ether oxygens (including phenoxy) is 1. The summed E-state index contributed by atoms with van der Waals surface area (Å²) in [5.74, 6) is -0.0294. The molecule has 1 fully saturated rings. The molecule has 2 amide bonds. The minimum Gasteiger partial charge on any atom is -0.496 e. The van der Waals surface area contributed by atoms with Gasteiger partial charge >= 0.3 is 0 Å². The van der Waals surface area contributed by atoms with Crippen LogP contribution in [0, 0.1) is 12.3 Å². The Morgan fingerprint density at radius 1 is 1.22 bits per heavy atom. The molecule has 0 saturated carbocycles. The van der Waals surface area contributed by atoms with Gasteiger partial charge in [-0.25, -0.2) is 4.52 Å². The number of amides is 2. The number of aromatic nitrogens is 4. The fraction of sp³-hybridized carbons (Fsp3) is 0.320. The number of hydrogen-bond acceptors (Lipinski definition) is 8. The molecule has 11 heteroatoms. The van der Waals surface area contributed by atoms with Crippen molar-refractivity contribution in [2.24, 2.45) is 11.1 Å². The van der Waals surface area contributed by atoms with E-state index in [0.717, 1.165) is 34.8 Å². The van der Waals surface area contributed by atoms with Crippen molar-refractivity contribution in [2.75, 3.05) is 32.1 Å². The molecule has 0 unspecified atom stereocenters. The number of carbonyl (C=O) groups excluding carboxylic acids is 2. The molecule has 0 aromatic carbocycles. The van der Waals surface area contributed by atoms with Crippen LogP contribution in [0.25, 0.3) is 26.5 Å². The molecule has 10 nitrogen and oxygen atoms in total. The number of fused-ring (bicyclic) bond motifs is 1. The van der Waals surface area contributed by atoms with Gasteiger partial charge in [-0.1, -0.05) is 13.8 Å². The smallest absolute Gasteiger partial charge is 0.253 e. The first-order chi connectivity index (χ1) is 17.2. The van der Waals surface area contributed by atoms with Crippen LogP contribution >= 0.6 is 11.3 Å². The SMILES string of the molecule is COc1ccncc1-c1sc2c(C(N)=O)cnn2c1-c1cc(NC(=O)CN2CC(C)(C)C2)cnc1C. The van der Waals surface area contributed by atoms with E-state index in [0.29, 0.717) is 34.1 Å². The highest BCUT2D eigenvalue weighted by molar-refractivity contribution is 7.21.